The third-order valence-corrected chi connectivity index (χ3v) is 7.00. The number of piperidine rings is 1. The number of rotatable bonds is 7. The van der Waals surface area contributed by atoms with E-state index in [-0.39, 0.29) is 40.7 Å². The first-order chi connectivity index (χ1) is 15.8. The fourth-order valence-electron chi connectivity index (χ4n) is 4.28. The summed E-state index contributed by atoms with van der Waals surface area (Å²) in [7, 11) is 0. The number of halogens is 1. The second kappa shape index (κ2) is 9.84. The molecule has 0 spiro atoms. The lowest BCUT2D eigenvalue weighted by atomic mass is 9.89. The van der Waals surface area contributed by atoms with Gasteiger partial charge in [0.05, 0.1) is 23.7 Å². The molecule has 0 radical (unpaired) electrons. The van der Waals surface area contributed by atoms with Crippen molar-refractivity contribution in [2.75, 3.05) is 31.1 Å². The molecule has 2 saturated heterocycles. The lowest BCUT2D eigenvalue weighted by molar-refractivity contribution is -0.380. The number of benzene rings is 1. The van der Waals surface area contributed by atoms with Crippen LogP contribution < -0.4 is 10.2 Å². The largest absolute Gasteiger partial charge is 0.442 e. The van der Waals surface area contributed by atoms with Crippen LogP contribution in [0.5, 0.6) is 0 Å². The van der Waals surface area contributed by atoms with Gasteiger partial charge in [0.25, 0.3) is 0 Å². The van der Waals surface area contributed by atoms with Crippen LogP contribution in [0.3, 0.4) is 0 Å². The van der Waals surface area contributed by atoms with E-state index in [9.17, 15) is 24.1 Å². The number of nitro groups is 1. The molecule has 1 N–H and O–H groups in total. The summed E-state index contributed by atoms with van der Waals surface area (Å²) in [6, 6.07) is 8.16. The van der Waals surface area contributed by atoms with Crippen LogP contribution in [0.25, 0.3) is 0 Å². The lowest BCUT2D eigenvalue weighted by Gasteiger charge is -2.32. The SMILES string of the molecule is CC(=O)NC[C@H]1CN(c2ccc(C3CCN(Cc4ccc([N+](=O)[O-])s4)CC3)c(F)c2)C(=O)O1. The first-order valence-corrected chi connectivity index (χ1v) is 11.6. The molecule has 0 bridgehead atoms. The van der Waals surface area contributed by atoms with Gasteiger partial charge in [-0.3, -0.25) is 24.7 Å². The van der Waals surface area contributed by atoms with Crippen LogP contribution in [-0.2, 0) is 16.1 Å². The minimum Gasteiger partial charge on any atom is -0.442 e. The predicted molar refractivity (Wildman–Crippen MR) is 121 cm³/mol. The maximum atomic E-state index is 15.0. The predicted octanol–water partition coefficient (Wildman–Crippen LogP) is 3.64. The molecule has 4 rings (SSSR count). The van der Waals surface area contributed by atoms with Crippen LogP contribution in [0.1, 0.15) is 36.1 Å². The molecule has 2 aromatic rings. The molecule has 2 fully saturated rings. The van der Waals surface area contributed by atoms with Crippen LogP contribution in [0.4, 0.5) is 19.9 Å². The number of likely N-dealkylation sites (tertiary alicyclic amines) is 1. The number of anilines is 1. The van der Waals surface area contributed by atoms with Gasteiger partial charge in [-0.15, -0.1) is 0 Å². The normalized spacial score (nSPS) is 19.5. The molecule has 1 aromatic carbocycles. The molecule has 2 amide bonds. The summed E-state index contributed by atoms with van der Waals surface area (Å²) in [5.74, 6) is -0.480. The molecule has 0 aliphatic carbocycles. The van der Waals surface area contributed by atoms with E-state index >= 15 is 0 Å². The molecule has 1 atom stereocenters. The van der Waals surface area contributed by atoms with E-state index in [4.69, 9.17) is 4.74 Å². The molecule has 1 aromatic heterocycles. The first-order valence-electron chi connectivity index (χ1n) is 10.8. The van der Waals surface area contributed by atoms with E-state index in [1.807, 2.05) is 0 Å². The third-order valence-electron chi connectivity index (χ3n) is 5.98. The Bertz CT molecular complexity index is 1050. The van der Waals surface area contributed by atoms with Gasteiger partial charge in [-0.2, -0.15) is 0 Å². The number of carbonyl (C=O) groups is 2. The topological polar surface area (TPSA) is 105 Å². The van der Waals surface area contributed by atoms with E-state index in [1.165, 1.54) is 35.3 Å². The first kappa shape index (κ1) is 23.1. The van der Waals surface area contributed by atoms with Crippen LogP contribution in [0, 0.1) is 15.9 Å². The van der Waals surface area contributed by atoms with E-state index in [1.54, 1.807) is 18.2 Å². The highest BCUT2D eigenvalue weighted by molar-refractivity contribution is 7.15. The highest BCUT2D eigenvalue weighted by atomic mass is 32.1. The number of ether oxygens (including phenoxy) is 1. The van der Waals surface area contributed by atoms with Crippen LogP contribution in [-0.4, -0.2) is 54.1 Å². The van der Waals surface area contributed by atoms with Gasteiger partial charge in [0.1, 0.15) is 11.9 Å². The van der Waals surface area contributed by atoms with E-state index in [0.29, 0.717) is 17.8 Å². The van der Waals surface area contributed by atoms with E-state index < -0.39 is 12.2 Å². The monoisotopic (exact) mass is 476 g/mol. The van der Waals surface area contributed by atoms with E-state index in [2.05, 4.69) is 10.2 Å². The molecular formula is C22H25FN4O5S. The summed E-state index contributed by atoms with van der Waals surface area (Å²) in [6.45, 7) is 4.07. The maximum Gasteiger partial charge on any atom is 0.414 e. The number of amides is 2. The smallest absolute Gasteiger partial charge is 0.414 e. The highest BCUT2D eigenvalue weighted by Gasteiger charge is 2.33. The highest BCUT2D eigenvalue weighted by Crippen LogP contribution is 2.34. The maximum absolute atomic E-state index is 15.0. The Labute approximate surface area is 194 Å². The van der Waals surface area contributed by atoms with E-state index in [0.717, 1.165) is 30.8 Å². The van der Waals surface area contributed by atoms with Crippen molar-refractivity contribution in [3.8, 4) is 0 Å². The Morgan fingerprint density at radius 3 is 2.70 bits per heavy atom. The number of carbonyl (C=O) groups excluding carboxylic acids is 2. The van der Waals surface area contributed by atoms with Crippen molar-refractivity contribution in [3.05, 3.63) is 56.7 Å². The summed E-state index contributed by atoms with van der Waals surface area (Å²) in [6.07, 6.45) is 0.542. The quantitative estimate of drug-likeness (QED) is 0.483. The summed E-state index contributed by atoms with van der Waals surface area (Å²) >= 11 is 1.19. The van der Waals surface area contributed by atoms with Gasteiger partial charge in [0.15, 0.2) is 0 Å². The molecule has 176 valence electrons. The molecule has 33 heavy (non-hydrogen) atoms. The molecule has 0 unspecified atom stereocenters. The molecule has 2 aliphatic rings. The Hall–Kier alpha value is -3.05. The minimum absolute atomic E-state index is 0.0750. The molecule has 11 heteroatoms. The Morgan fingerprint density at radius 1 is 1.30 bits per heavy atom. The standard InChI is InChI=1S/C22H25FN4O5S/c1-14(28)24-11-17-12-26(22(29)32-17)16-2-4-19(20(23)10-16)15-6-8-25(9-7-15)13-18-3-5-21(33-18)27(30)31/h2-5,10,15,17H,6-9,11-13H2,1H3,(H,24,28)/t17-/m0/s1. The van der Waals surface area contributed by atoms with Crippen molar-refractivity contribution in [1.29, 1.82) is 0 Å². The Kier molecular flexibility index (Phi) is 6.89. The Balaban J connectivity index is 1.33. The third kappa shape index (κ3) is 5.48. The Morgan fingerprint density at radius 2 is 2.06 bits per heavy atom. The zero-order valence-corrected chi connectivity index (χ0v) is 19.0. The van der Waals surface area contributed by atoms with Crippen molar-refractivity contribution in [2.24, 2.45) is 0 Å². The van der Waals surface area contributed by atoms with Crippen LogP contribution in [0.15, 0.2) is 30.3 Å². The number of thiophene rings is 1. The van der Waals surface area contributed by atoms with Crippen molar-refractivity contribution < 1.29 is 23.6 Å². The zero-order valence-electron chi connectivity index (χ0n) is 18.2. The van der Waals surface area contributed by atoms with Crippen molar-refractivity contribution in [3.63, 3.8) is 0 Å². The molecule has 9 nitrogen and oxygen atoms in total. The van der Waals surface area contributed by atoms with Crippen molar-refractivity contribution in [2.45, 2.75) is 38.3 Å². The number of cyclic esters (lactones) is 1. The molecule has 3 heterocycles. The average Bonchev–Trinajstić information content (AvgIpc) is 3.39. The van der Waals surface area contributed by atoms with Gasteiger partial charge in [0.2, 0.25) is 5.91 Å². The number of hydrogen-bond donors (Lipinski definition) is 1. The number of nitrogens with one attached hydrogen (secondary N) is 1. The summed E-state index contributed by atoms with van der Waals surface area (Å²) in [5.41, 5.74) is 1.07. The second-order valence-electron chi connectivity index (χ2n) is 8.31. The minimum atomic E-state index is -0.556. The fraction of sp³-hybridized carbons (Fsp3) is 0.455. The van der Waals surface area contributed by atoms with Crippen molar-refractivity contribution in [1.82, 2.24) is 10.2 Å². The summed E-state index contributed by atoms with van der Waals surface area (Å²) in [4.78, 5) is 38.3. The van der Waals surface area contributed by atoms with Crippen LogP contribution in [0.2, 0.25) is 0 Å². The van der Waals surface area contributed by atoms with Gasteiger partial charge < -0.3 is 10.1 Å². The van der Waals surface area contributed by atoms with Gasteiger partial charge in [-0.05, 0) is 55.6 Å². The zero-order chi connectivity index (χ0) is 23.5. The summed E-state index contributed by atoms with van der Waals surface area (Å²) < 4.78 is 20.2. The van der Waals surface area contributed by atoms with Crippen LogP contribution >= 0.6 is 11.3 Å². The fourth-order valence-corrected chi connectivity index (χ4v) is 5.15. The lowest BCUT2D eigenvalue weighted by Crippen LogP contribution is -2.33. The molecular weight excluding hydrogens is 451 g/mol. The van der Waals surface area contributed by atoms with Gasteiger partial charge >= 0.3 is 11.1 Å². The molecule has 2 aliphatic heterocycles. The van der Waals surface area contributed by atoms with Gasteiger partial charge in [-0.25, -0.2) is 9.18 Å². The average molecular weight is 477 g/mol. The van der Waals surface area contributed by atoms with Gasteiger partial charge in [-0.1, -0.05) is 17.4 Å². The number of hydrogen-bond acceptors (Lipinski definition) is 7. The van der Waals surface area contributed by atoms with Gasteiger partial charge in [0, 0.05) is 24.4 Å². The van der Waals surface area contributed by atoms with Crippen molar-refractivity contribution >= 4 is 34.0 Å². The number of nitrogens with zero attached hydrogens (tertiary/aromatic N) is 3. The summed E-state index contributed by atoms with van der Waals surface area (Å²) in [5, 5.41) is 13.6. The molecule has 0 saturated carbocycles. The second-order valence-corrected chi connectivity index (χ2v) is 9.45.